The van der Waals surface area contributed by atoms with Crippen LogP contribution >= 0.6 is 0 Å². The Balaban J connectivity index is 2.19. The number of nitrogens with one attached hydrogen (secondary N) is 1. The van der Waals surface area contributed by atoms with Gasteiger partial charge in [-0.15, -0.1) is 0 Å². The van der Waals surface area contributed by atoms with E-state index in [9.17, 15) is 0 Å². The zero-order chi connectivity index (χ0) is 9.80. The summed E-state index contributed by atoms with van der Waals surface area (Å²) in [5.74, 6) is 1.30. The van der Waals surface area contributed by atoms with Crippen LogP contribution < -0.4 is 11.1 Å². The Labute approximate surface area is 81.0 Å². The molecule has 2 rings (SSSR count). The number of rotatable bonds is 2. The van der Waals surface area contributed by atoms with Crippen molar-refractivity contribution < 1.29 is 0 Å². The van der Waals surface area contributed by atoms with Crippen LogP contribution in [0.1, 0.15) is 0 Å². The van der Waals surface area contributed by atoms with Crippen LogP contribution in [-0.2, 0) is 0 Å². The lowest BCUT2D eigenvalue weighted by atomic mass is 10.4. The summed E-state index contributed by atoms with van der Waals surface area (Å²) in [5.41, 5.74) is 6.25. The van der Waals surface area contributed by atoms with Gasteiger partial charge in [-0.3, -0.25) is 4.98 Å². The van der Waals surface area contributed by atoms with E-state index in [4.69, 9.17) is 5.73 Å². The number of aromatic nitrogens is 3. The Morgan fingerprint density at radius 2 is 1.93 bits per heavy atom. The third-order valence-corrected chi connectivity index (χ3v) is 1.60. The molecule has 2 heterocycles. The second-order valence-corrected chi connectivity index (χ2v) is 2.69. The maximum atomic E-state index is 5.60. The van der Waals surface area contributed by atoms with Gasteiger partial charge in [-0.2, -0.15) is 0 Å². The van der Waals surface area contributed by atoms with Gasteiger partial charge in [0.2, 0.25) is 0 Å². The van der Waals surface area contributed by atoms with Crippen molar-refractivity contribution in [2.45, 2.75) is 0 Å². The smallest absolute Gasteiger partial charge is 0.150 e. The van der Waals surface area contributed by atoms with Crippen LogP contribution in [0.5, 0.6) is 0 Å². The molecule has 0 saturated carbocycles. The molecule has 0 radical (unpaired) electrons. The number of pyridine rings is 1. The van der Waals surface area contributed by atoms with Gasteiger partial charge in [0.15, 0.2) is 0 Å². The van der Waals surface area contributed by atoms with E-state index < -0.39 is 0 Å². The second kappa shape index (κ2) is 3.69. The first-order valence-electron chi connectivity index (χ1n) is 4.09. The van der Waals surface area contributed by atoms with Gasteiger partial charge >= 0.3 is 0 Å². The van der Waals surface area contributed by atoms with Gasteiger partial charge in [0.05, 0.1) is 6.20 Å². The molecule has 70 valence electrons. The highest BCUT2D eigenvalue weighted by molar-refractivity contribution is 5.55. The van der Waals surface area contributed by atoms with Crippen molar-refractivity contribution >= 4 is 17.3 Å². The number of nitrogen functional groups attached to an aromatic ring is 1. The first-order chi connectivity index (χ1) is 6.84. The molecule has 14 heavy (non-hydrogen) atoms. The van der Waals surface area contributed by atoms with Crippen molar-refractivity contribution in [1.82, 2.24) is 15.0 Å². The molecule has 0 atom stereocenters. The van der Waals surface area contributed by atoms with Gasteiger partial charge in [0, 0.05) is 30.3 Å². The predicted molar refractivity (Wildman–Crippen MR) is 54.0 cm³/mol. The van der Waals surface area contributed by atoms with Crippen molar-refractivity contribution in [1.29, 1.82) is 0 Å². The largest absolute Gasteiger partial charge is 0.399 e. The summed E-state index contributed by atoms with van der Waals surface area (Å²) < 4.78 is 0. The van der Waals surface area contributed by atoms with E-state index in [0.29, 0.717) is 17.3 Å². The molecule has 0 spiro atoms. The Kier molecular flexibility index (Phi) is 2.22. The highest BCUT2D eigenvalue weighted by Gasteiger charge is 1.96. The van der Waals surface area contributed by atoms with Crippen molar-refractivity contribution in [2.24, 2.45) is 0 Å². The van der Waals surface area contributed by atoms with E-state index in [1.807, 2.05) is 0 Å². The monoisotopic (exact) mass is 187 g/mol. The first-order valence-corrected chi connectivity index (χ1v) is 4.09. The summed E-state index contributed by atoms with van der Waals surface area (Å²) in [4.78, 5) is 12.0. The van der Waals surface area contributed by atoms with E-state index in [1.165, 1.54) is 0 Å². The Bertz CT molecular complexity index is 415. The molecule has 5 nitrogen and oxygen atoms in total. The quantitative estimate of drug-likeness (QED) is 0.738. The second-order valence-electron chi connectivity index (χ2n) is 2.69. The van der Waals surface area contributed by atoms with Gasteiger partial charge in [-0.1, -0.05) is 0 Å². The highest BCUT2D eigenvalue weighted by Crippen LogP contribution is 2.12. The van der Waals surface area contributed by atoms with Crippen molar-refractivity contribution in [3.05, 3.63) is 36.9 Å². The number of hydrogen-bond donors (Lipinski definition) is 2. The molecule has 5 heteroatoms. The van der Waals surface area contributed by atoms with Crippen molar-refractivity contribution in [2.75, 3.05) is 11.1 Å². The molecule has 2 aromatic heterocycles. The van der Waals surface area contributed by atoms with Crippen molar-refractivity contribution in [3.63, 3.8) is 0 Å². The molecule has 0 fully saturated rings. The minimum Gasteiger partial charge on any atom is -0.399 e. The molecular weight excluding hydrogens is 178 g/mol. The number of hydrogen-bond acceptors (Lipinski definition) is 5. The van der Waals surface area contributed by atoms with E-state index in [-0.39, 0.29) is 0 Å². The molecular formula is C9H9N5. The third kappa shape index (κ3) is 1.95. The summed E-state index contributed by atoms with van der Waals surface area (Å²) in [5, 5.41) is 2.98. The molecule has 2 aromatic rings. The van der Waals surface area contributed by atoms with Crippen LogP contribution in [-0.4, -0.2) is 15.0 Å². The number of anilines is 3. The topological polar surface area (TPSA) is 76.7 Å². The summed E-state index contributed by atoms with van der Waals surface area (Å²) >= 11 is 0. The lowest BCUT2D eigenvalue weighted by Gasteiger charge is -2.03. The molecule has 0 aliphatic carbocycles. The maximum Gasteiger partial charge on any atom is 0.150 e. The van der Waals surface area contributed by atoms with E-state index in [0.717, 1.165) is 0 Å². The minimum atomic E-state index is 0.644. The van der Waals surface area contributed by atoms with Crippen molar-refractivity contribution in [3.8, 4) is 0 Å². The molecule has 0 aliphatic heterocycles. The molecule has 0 bridgehead atoms. The van der Waals surface area contributed by atoms with Gasteiger partial charge in [-0.25, -0.2) is 9.97 Å². The summed E-state index contributed by atoms with van der Waals surface area (Å²) in [7, 11) is 0. The van der Waals surface area contributed by atoms with Crippen LogP contribution in [0.3, 0.4) is 0 Å². The molecule has 0 amide bonds. The first kappa shape index (κ1) is 8.43. The Morgan fingerprint density at radius 3 is 2.64 bits per heavy atom. The fraction of sp³-hybridized carbons (Fsp3) is 0. The zero-order valence-corrected chi connectivity index (χ0v) is 7.38. The summed E-state index contributed by atoms with van der Waals surface area (Å²) in [6.45, 7) is 0. The summed E-state index contributed by atoms with van der Waals surface area (Å²) in [6.07, 6.45) is 6.46. The van der Waals surface area contributed by atoms with Gasteiger partial charge in [0.25, 0.3) is 0 Å². The Hall–Kier alpha value is -2.17. The van der Waals surface area contributed by atoms with Crippen LogP contribution in [0.2, 0.25) is 0 Å². The summed E-state index contributed by atoms with van der Waals surface area (Å²) in [6, 6.07) is 3.45. The number of nitrogens with two attached hydrogens (primary N) is 1. The standard InChI is InChI=1S/C9H9N5/c10-7-1-2-12-8(5-7)14-9-6-11-3-4-13-9/h1-6H,(H3,10,12,13,14). The van der Waals surface area contributed by atoms with Gasteiger partial charge < -0.3 is 11.1 Å². The fourth-order valence-corrected chi connectivity index (χ4v) is 1.01. The molecule has 0 aliphatic rings. The van der Waals surface area contributed by atoms with E-state index >= 15 is 0 Å². The van der Waals surface area contributed by atoms with Gasteiger partial charge in [0.1, 0.15) is 11.6 Å². The van der Waals surface area contributed by atoms with Crippen LogP contribution in [0.15, 0.2) is 36.9 Å². The molecule has 0 unspecified atom stereocenters. The highest BCUT2D eigenvalue weighted by atomic mass is 15.1. The van der Waals surface area contributed by atoms with Crippen LogP contribution in [0.4, 0.5) is 17.3 Å². The normalized spacial score (nSPS) is 9.71. The van der Waals surface area contributed by atoms with Gasteiger partial charge in [-0.05, 0) is 6.07 Å². The average Bonchev–Trinajstić information content (AvgIpc) is 2.19. The molecule has 3 N–H and O–H groups in total. The van der Waals surface area contributed by atoms with Crippen LogP contribution in [0.25, 0.3) is 0 Å². The fourth-order valence-electron chi connectivity index (χ4n) is 1.01. The van der Waals surface area contributed by atoms with Crippen LogP contribution in [0, 0.1) is 0 Å². The Morgan fingerprint density at radius 1 is 1.07 bits per heavy atom. The maximum absolute atomic E-state index is 5.60. The van der Waals surface area contributed by atoms with E-state index in [1.54, 1.807) is 36.9 Å². The number of nitrogens with zero attached hydrogens (tertiary/aromatic N) is 3. The lowest BCUT2D eigenvalue weighted by molar-refractivity contribution is 1.18. The minimum absolute atomic E-state index is 0.644. The molecule has 0 saturated heterocycles. The molecule has 0 aromatic carbocycles. The zero-order valence-electron chi connectivity index (χ0n) is 7.38. The average molecular weight is 187 g/mol. The predicted octanol–water partition coefficient (Wildman–Crippen LogP) is 1.20. The van der Waals surface area contributed by atoms with E-state index in [2.05, 4.69) is 20.3 Å². The third-order valence-electron chi connectivity index (χ3n) is 1.60. The lowest BCUT2D eigenvalue weighted by Crippen LogP contribution is -1.97. The SMILES string of the molecule is Nc1ccnc(Nc2cnccn2)c1.